The average Bonchev–Trinajstić information content (AvgIpc) is 2.97. The van der Waals surface area contributed by atoms with Crippen molar-refractivity contribution in [3.63, 3.8) is 0 Å². The molecular weight excluding hydrogens is 273 g/mol. The van der Waals surface area contributed by atoms with Crippen LogP contribution < -0.4 is 21.0 Å². The Morgan fingerprint density at radius 1 is 0.619 bits per heavy atom. The summed E-state index contributed by atoms with van der Waals surface area (Å²) in [6, 6.07) is 30.6. The van der Waals surface area contributed by atoms with Crippen LogP contribution in [0.3, 0.4) is 0 Å². The van der Waals surface area contributed by atoms with Gasteiger partial charge in [-0.1, -0.05) is 54.6 Å². The Morgan fingerprint density at radius 3 is 1.76 bits per heavy atom. The molecule has 0 amide bonds. The smallest absolute Gasteiger partial charge is 0.174 e. The van der Waals surface area contributed by atoms with Gasteiger partial charge >= 0.3 is 0 Å². The Bertz CT molecular complexity index is 713. The fourth-order valence-corrected chi connectivity index (χ4v) is 7.12. The summed E-state index contributed by atoms with van der Waals surface area (Å²) in [7, 11) is -1.69. The fraction of sp³-hybridized carbons (Fsp3) is 0.0526. The fourth-order valence-electron chi connectivity index (χ4n) is 3.19. The van der Waals surface area contributed by atoms with Gasteiger partial charge in [-0.3, -0.25) is 0 Å². The third-order valence-electron chi connectivity index (χ3n) is 4.15. The van der Waals surface area contributed by atoms with E-state index in [1.807, 2.05) is 0 Å². The maximum atomic E-state index is 3.88. The van der Waals surface area contributed by atoms with E-state index in [1.165, 1.54) is 21.5 Å². The minimum Gasteiger partial charge on any atom is -0.174 e. The van der Waals surface area contributed by atoms with Crippen LogP contribution in [0.15, 0.2) is 84.9 Å². The number of nitrogens with one attached hydrogen (secondary N) is 1. The van der Waals surface area contributed by atoms with Gasteiger partial charge in [-0.25, -0.2) is 0 Å². The van der Waals surface area contributed by atoms with Gasteiger partial charge in [0.15, 0.2) is 7.41 Å². The first kappa shape index (κ1) is 12.8. The van der Waals surface area contributed by atoms with E-state index >= 15 is 0 Å². The Labute approximate surface area is 126 Å². The van der Waals surface area contributed by atoms with Gasteiger partial charge in [0.2, 0.25) is 0 Å². The molecule has 0 aliphatic carbocycles. The molecule has 1 heterocycles. The summed E-state index contributed by atoms with van der Waals surface area (Å²) in [5, 5.41) is 8.16. The van der Waals surface area contributed by atoms with Crippen LogP contribution in [-0.2, 0) is 6.54 Å². The molecule has 1 aliphatic rings. The second-order valence-corrected chi connectivity index (χ2v) is 8.48. The van der Waals surface area contributed by atoms with Gasteiger partial charge < -0.3 is 0 Å². The van der Waals surface area contributed by atoms with Crippen LogP contribution in [0, 0.1) is 0 Å². The van der Waals surface area contributed by atoms with Gasteiger partial charge in [0.1, 0.15) is 15.9 Å². The summed E-state index contributed by atoms with van der Waals surface area (Å²) in [6.07, 6.45) is 0. The molecule has 4 rings (SSSR count). The molecule has 1 nitrogen and oxygen atoms in total. The van der Waals surface area contributed by atoms with Crippen LogP contribution in [0.25, 0.3) is 0 Å². The summed E-state index contributed by atoms with van der Waals surface area (Å²) in [5.74, 6) is 0. The molecule has 0 fully saturated rings. The first-order valence-electron chi connectivity index (χ1n) is 7.25. The first-order valence-corrected chi connectivity index (χ1v) is 9.04. The van der Waals surface area contributed by atoms with E-state index in [9.17, 15) is 0 Å². The molecule has 0 spiro atoms. The monoisotopic (exact) mass is 290 g/mol. The van der Waals surface area contributed by atoms with Crippen molar-refractivity contribution in [3.05, 3.63) is 90.5 Å². The van der Waals surface area contributed by atoms with E-state index < -0.39 is 7.41 Å². The number of rotatable bonds is 2. The van der Waals surface area contributed by atoms with Gasteiger partial charge in [-0.05, 0) is 30.3 Å². The topological polar surface area (TPSA) is 12.0 Å². The van der Waals surface area contributed by atoms with E-state index in [2.05, 4.69) is 90.0 Å². The Morgan fingerprint density at radius 2 is 1.14 bits per heavy atom. The van der Waals surface area contributed by atoms with Gasteiger partial charge in [-0.2, -0.15) is 5.09 Å². The maximum Gasteiger partial charge on any atom is 0.179 e. The summed E-state index contributed by atoms with van der Waals surface area (Å²) in [4.78, 5) is 0. The van der Waals surface area contributed by atoms with E-state index in [4.69, 9.17) is 0 Å². The van der Waals surface area contributed by atoms with Gasteiger partial charge in [0.05, 0.1) is 6.54 Å². The Kier molecular flexibility index (Phi) is 3.11. The lowest BCUT2D eigenvalue weighted by Gasteiger charge is -2.22. The average molecular weight is 290 g/mol. The summed E-state index contributed by atoms with van der Waals surface area (Å²) < 4.78 is 0. The van der Waals surface area contributed by atoms with Crippen molar-refractivity contribution >= 4 is 23.3 Å². The lowest BCUT2D eigenvalue weighted by Crippen LogP contribution is -2.35. The minimum absolute atomic E-state index is 0.952. The first-order chi connectivity index (χ1) is 10.4. The molecule has 0 radical (unpaired) electrons. The number of hydrogen-bond donors (Lipinski definition) is 1. The van der Waals surface area contributed by atoms with Crippen molar-refractivity contribution < 1.29 is 0 Å². The van der Waals surface area contributed by atoms with Crippen LogP contribution in [0.5, 0.6) is 0 Å². The summed E-state index contributed by atoms with van der Waals surface area (Å²) >= 11 is 0. The van der Waals surface area contributed by atoms with E-state index in [-0.39, 0.29) is 0 Å². The van der Waals surface area contributed by atoms with E-state index in [1.54, 1.807) is 0 Å². The Balaban J connectivity index is 2.02. The van der Waals surface area contributed by atoms with Gasteiger partial charge in [0.25, 0.3) is 0 Å². The zero-order valence-corrected chi connectivity index (χ0v) is 12.6. The van der Waals surface area contributed by atoms with Gasteiger partial charge in [0, 0.05) is 5.56 Å². The molecule has 3 aromatic rings. The predicted octanol–water partition coefficient (Wildman–Crippen LogP) is 3.00. The third-order valence-corrected chi connectivity index (χ3v) is 8.08. The second-order valence-electron chi connectivity index (χ2n) is 5.31. The van der Waals surface area contributed by atoms with Crippen molar-refractivity contribution in [3.8, 4) is 0 Å². The largest absolute Gasteiger partial charge is 0.179 e. The predicted molar refractivity (Wildman–Crippen MR) is 92.0 cm³/mol. The molecule has 3 aromatic carbocycles. The van der Waals surface area contributed by atoms with E-state index in [0.717, 1.165) is 6.54 Å². The molecule has 0 saturated heterocycles. The van der Waals surface area contributed by atoms with Crippen molar-refractivity contribution in [2.24, 2.45) is 0 Å². The van der Waals surface area contributed by atoms with Crippen molar-refractivity contribution in [1.29, 1.82) is 0 Å². The number of hydrogen-bond acceptors (Lipinski definition) is 1. The van der Waals surface area contributed by atoms with Crippen LogP contribution in [0.2, 0.25) is 0 Å². The highest BCUT2D eigenvalue weighted by atomic mass is 31.2. The maximum absolute atomic E-state index is 3.88. The van der Waals surface area contributed by atoms with Gasteiger partial charge in [-0.15, -0.1) is 0 Å². The van der Waals surface area contributed by atoms with Crippen molar-refractivity contribution in [2.75, 3.05) is 0 Å². The lowest BCUT2D eigenvalue weighted by molar-refractivity contribution is 0.996. The number of benzene rings is 3. The van der Waals surface area contributed by atoms with E-state index in [0.29, 0.717) is 0 Å². The van der Waals surface area contributed by atoms with Crippen LogP contribution in [0.4, 0.5) is 0 Å². The standard InChI is InChI=1S/C19H17NP/c1-3-10-17(11-4-1)21(18-12-5-2-6-13-18)19-14-8-7-9-16(19)15-20-21/h1-14,20H,15H2/q+1. The van der Waals surface area contributed by atoms with Crippen LogP contribution in [-0.4, -0.2) is 0 Å². The van der Waals surface area contributed by atoms with Crippen LogP contribution in [0.1, 0.15) is 5.56 Å². The highest BCUT2D eigenvalue weighted by Crippen LogP contribution is 2.55. The summed E-state index contributed by atoms with van der Waals surface area (Å²) in [5.41, 5.74) is 1.43. The van der Waals surface area contributed by atoms with Crippen LogP contribution >= 0.6 is 7.41 Å². The minimum atomic E-state index is -1.69. The molecule has 1 aliphatic heterocycles. The zero-order chi connectivity index (χ0) is 14.1. The summed E-state index contributed by atoms with van der Waals surface area (Å²) in [6.45, 7) is 0.952. The highest BCUT2D eigenvalue weighted by Gasteiger charge is 2.50. The lowest BCUT2D eigenvalue weighted by atomic mass is 10.2. The molecule has 0 atom stereocenters. The highest BCUT2D eigenvalue weighted by molar-refractivity contribution is 7.94. The molecule has 21 heavy (non-hydrogen) atoms. The molecule has 0 saturated carbocycles. The molecule has 1 N–H and O–H groups in total. The molecule has 0 unspecified atom stereocenters. The second kappa shape index (κ2) is 5.11. The quantitative estimate of drug-likeness (QED) is 0.715. The SMILES string of the molecule is c1ccc([P+]2(c3ccccc3)NCc3ccccc32)cc1. The molecule has 0 bridgehead atoms. The molecule has 0 aromatic heterocycles. The molecule has 102 valence electrons. The Hall–Kier alpha value is -1.95. The molecular formula is C19H17NP+. The normalized spacial score (nSPS) is 15.6. The third kappa shape index (κ3) is 1.93. The zero-order valence-electron chi connectivity index (χ0n) is 11.7. The van der Waals surface area contributed by atoms with Crippen molar-refractivity contribution in [2.45, 2.75) is 6.54 Å². The molecule has 2 heteroatoms. The van der Waals surface area contributed by atoms with Crippen molar-refractivity contribution in [1.82, 2.24) is 5.09 Å². The number of fused-ring (bicyclic) bond motifs is 1.